The number of aromatic nitrogens is 3. The highest BCUT2D eigenvalue weighted by Gasteiger charge is 2.45. The first-order valence-corrected chi connectivity index (χ1v) is 8.39. The third-order valence-corrected chi connectivity index (χ3v) is 4.45. The average Bonchev–Trinajstić information content (AvgIpc) is 3.17. The van der Waals surface area contributed by atoms with E-state index >= 15 is 0 Å². The van der Waals surface area contributed by atoms with Crippen molar-refractivity contribution >= 4 is 11.8 Å². The van der Waals surface area contributed by atoms with Crippen LogP contribution >= 0.6 is 0 Å². The zero-order valence-corrected chi connectivity index (χ0v) is 14.7. The largest absolute Gasteiger partial charge is 0.341 e. The normalized spacial score (nSPS) is 18.8. The molecule has 1 aromatic carbocycles. The van der Waals surface area contributed by atoms with Crippen molar-refractivity contribution in [3.8, 4) is 5.69 Å². The smallest absolute Gasteiger partial charge is 0.271 e. The Hall–Kier alpha value is -3.10. The molecular weight excluding hydrogens is 356 g/mol. The average molecular weight is 375 g/mol. The Balaban J connectivity index is 1.87. The number of amides is 2. The van der Waals surface area contributed by atoms with Gasteiger partial charge in [-0.25, -0.2) is 8.78 Å². The van der Waals surface area contributed by atoms with Crippen LogP contribution in [0.15, 0.2) is 43.2 Å². The van der Waals surface area contributed by atoms with E-state index in [1.807, 2.05) is 0 Å². The Labute approximate surface area is 154 Å². The molecule has 1 aliphatic rings. The van der Waals surface area contributed by atoms with Crippen LogP contribution in [-0.4, -0.2) is 56.8 Å². The zero-order chi connectivity index (χ0) is 19.6. The first-order chi connectivity index (χ1) is 12.8. The van der Waals surface area contributed by atoms with Crippen LogP contribution in [0.25, 0.3) is 5.69 Å². The number of likely N-dealkylation sites (tertiary alicyclic amines) is 1. The molecule has 2 amide bonds. The van der Waals surface area contributed by atoms with Crippen LogP contribution in [0.3, 0.4) is 0 Å². The summed E-state index contributed by atoms with van der Waals surface area (Å²) in [5.74, 6) is -4.24. The minimum absolute atomic E-state index is 0.0862. The van der Waals surface area contributed by atoms with Gasteiger partial charge < -0.3 is 10.2 Å². The number of nitrogens with zero attached hydrogens (tertiary/aromatic N) is 4. The minimum Gasteiger partial charge on any atom is -0.341 e. The van der Waals surface area contributed by atoms with Gasteiger partial charge in [-0.05, 0) is 25.1 Å². The van der Waals surface area contributed by atoms with Crippen molar-refractivity contribution in [3.05, 3.63) is 54.4 Å². The summed E-state index contributed by atoms with van der Waals surface area (Å²) in [4.78, 5) is 27.0. The van der Waals surface area contributed by atoms with Gasteiger partial charge in [0.15, 0.2) is 0 Å². The number of nitrogens with one attached hydrogen (secondary N) is 1. The first kappa shape index (κ1) is 18.7. The highest BCUT2D eigenvalue weighted by molar-refractivity contribution is 5.98. The van der Waals surface area contributed by atoms with Crippen molar-refractivity contribution in [1.29, 1.82) is 0 Å². The van der Waals surface area contributed by atoms with E-state index in [1.54, 1.807) is 25.1 Å². The Morgan fingerprint density at radius 1 is 1.33 bits per heavy atom. The van der Waals surface area contributed by atoms with Crippen molar-refractivity contribution in [2.45, 2.75) is 25.3 Å². The van der Waals surface area contributed by atoms with E-state index in [-0.39, 0.29) is 18.7 Å². The molecule has 1 aromatic heterocycles. The number of carbonyl (C=O) groups is 2. The fourth-order valence-corrected chi connectivity index (χ4v) is 2.97. The molecule has 0 saturated carbocycles. The second-order valence-electron chi connectivity index (χ2n) is 6.36. The summed E-state index contributed by atoms with van der Waals surface area (Å²) in [6, 6.07) is 3.51. The molecule has 0 spiro atoms. The van der Waals surface area contributed by atoms with Crippen molar-refractivity contribution in [1.82, 2.24) is 25.2 Å². The summed E-state index contributed by atoms with van der Waals surface area (Å²) < 4.78 is 28.7. The molecule has 7 nitrogen and oxygen atoms in total. The standard InChI is InChI=1S/C18H19F2N5O2/c1-3-16(26)24-9-6-18(19,20)15(11-24)23-17(27)13-10-12(2)4-5-14(13)25-21-7-8-22-25/h3-5,7-8,10,15H,1,6,9,11H2,2H3,(H,23,27)/t15-/m1/s1. The van der Waals surface area contributed by atoms with Crippen LogP contribution in [0.4, 0.5) is 8.78 Å². The van der Waals surface area contributed by atoms with Crippen LogP contribution in [0.2, 0.25) is 0 Å². The molecule has 27 heavy (non-hydrogen) atoms. The second-order valence-corrected chi connectivity index (χ2v) is 6.36. The summed E-state index contributed by atoms with van der Waals surface area (Å²) in [7, 11) is 0. The number of carbonyl (C=O) groups excluding carboxylic acids is 2. The lowest BCUT2D eigenvalue weighted by Crippen LogP contribution is -2.59. The summed E-state index contributed by atoms with van der Waals surface area (Å²) >= 11 is 0. The van der Waals surface area contributed by atoms with Crippen molar-refractivity contribution < 1.29 is 18.4 Å². The predicted molar refractivity (Wildman–Crippen MR) is 93.7 cm³/mol. The van der Waals surface area contributed by atoms with Crippen LogP contribution < -0.4 is 5.32 Å². The molecule has 1 aliphatic heterocycles. The minimum atomic E-state index is -3.12. The molecule has 1 atom stereocenters. The number of aryl methyl sites for hydroxylation is 1. The highest BCUT2D eigenvalue weighted by Crippen LogP contribution is 2.29. The third-order valence-electron chi connectivity index (χ3n) is 4.45. The lowest BCUT2D eigenvalue weighted by molar-refractivity contribution is -0.135. The van der Waals surface area contributed by atoms with Crippen molar-refractivity contribution in [2.24, 2.45) is 0 Å². The molecule has 9 heteroatoms. The molecule has 0 radical (unpaired) electrons. The van der Waals surface area contributed by atoms with Gasteiger partial charge in [-0.15, -0.1) is 0 Å². The Kier molecular flexibility index (Phi) is 5.02. The van der Waals surface area contributed by atoms with Gasteiger partial charge in [0, 0.05) is 19.5 Å². The van der Waals surface area contributed by atoms with E-state index in [2.05, 4.69) is 22.1 Å². The molecule has 1 fully saturated rings. The van der Waals surface area contributed by atoms with Gasteiger partial charge in [0.25, 0.3) is 11.8 Å². The van der Waals surface area contributed by atoms with Crippen LogP contribution in [0, 0.1) is 6.92 Å². The number of benzene rings is 1. The summed E-state index contributed by atoms with van der Waals surface area (Å²) in [6.07, 6.45) is 3.45. The number of hydrogen-bond acceptors (Lipinski definition) is 4. The first-order valence-electron chi connectivity index (χ1n) is 8.39. The third kappa shape index (κ3) is 3.86. The lowest BCUT2D eigenvalue weighted by atomic mass is 9.99. The SMILES string of the molecule is C=CC(=O)N1CCC(F)(F)[C@H](NC(=O)c2cc(C)ccc2-n2nccn2)C1. The molecule has 1 saturated heterocycles. The van der Waals surface area contributed by atoms with E-state index in [9.17, 15) is 18.4 Å². The van der Waals surface area contributed by atoms with Gasteiger partial charge in [0.05, 0.1) is 23.6 Å². The van der Waals surface area contributed by atoms with Gasteiger partial charge in [-0.1, -0.05) is 18.2 Å². The quantitative estimate of drug-likeness (QED) is 0.826. The molecule has 142 valence electrons. The van der Waals surface area contributed by atoms with Gasteiger partial charge in [-0.2, -0.15) is 15.0 Å². The number of halogens is 2. The summed E-state index contributed by atoms with van der Waals surface area (Å²) in [6.45, 7) is 4.79. The summed E-state index contributed by atoms with van der Waals surface area (Å²) in [5.41, 5.74) is 1.34. The monoisotopic (exact) mass is 375 g/mol. The molecule has 1 N–H and O–H groups in total. The second kappa shape index (κ2) is 7.26. The topological polar surface area (TPSA) is 80.1 Å². The van der Waals surface area contributed by atoms with Crippen LogP contribution in [-0.2, 0) is 4.79 Å². The maximum atomic E-state index is 14.3. The van der Waals surface area contributed by atoms with Crippen LogP contribution in [0.5, 0.6) is 0 Å². The number of alkyl halides is 2. The number of piperidine rings is 1. The molecule has 0 unspecified atom stereocenters. The molecule has 0 aliphatic carbocycles. The van der Waals surface area contributed by atoms with Gasteiger partial charge in [0.2, 0.25) is 5.91 Å². The Morgan fingerprint density at radius 2 is 2.04 bits per heavy atom. The van der Waals surface area contributed by atoms with E-state index in [4.69, 9.17) is 0 Å². The maximum Gasteiger partial charge on any atom is 0.271 e. The van der Waals surface area contributed by atoms with Gasteiger partial charge in [-0.3, -0.25) is 9.59 Å². The fourth-order valence-electron chi connectivity index (χ4n) is 2.97. The van der Waals surface area contributed by atoms with Gasteiger partial charge >= 0.3 is 0 Å². The van der Waals surface area contributed by atoms with Gasteiger partial charge in [0.1, 0.15) is 6.04 Å². The Bertz CT molecular complexity index is 867. The lowest BCUT2D eigenvalue weighted by Gasteiger charge is -2.38. The number of hydrogen-bond donors (Lipinski definition) is 1. The van der Waals surface area contributed by atoms with Crippen molar-refractivity contribution in [2.75, 3.05) is 13.1 Å². The highest BCUT2D eigenvalue weighted by atomic mass is 19.3. The molecule has 3 rings (SSSR count). The van der Waals surface area contributed by atoms with E-state index in [1.165, 1.54) is 22.1 Å². The fraction of sp³-hybridized carbons (Fsp3) is 0.333. The zero-order valence-electron chi connectivity index (χ0n) is 14.7. The Morgan fingerprint density at radius 3 is 2.70 bits per heavy atom. The molecule has 2 aromatic rings. The van der Waals surface area contributed by atoms with E-state index in [0.29, 0.717) is 5.69 Å². The maximum absolute atomic E-state index is 14.3. The summed E-state index contributed by atoms with van der Waals surface area (Å²) in [5, 5.41) is 10.4. The predicted octanol–water partition coefficient (Wildman–Crippen LogP) is 1.73. The van der Waals surface area contributed by atoms with E-state index < -0.39 is 30.2 Å². The van der Waals surface area contributed by atoms with Crippen molar-refractivity contribution in [3.63, 3.8) is 0 Å². The molecule has 2 heterocycles. The molecule has 0 bridgehead atoms. The number of rotatable bonds is 4. The van der Waals surface area contributed by atoms with Crippen LogP contribution in [0.1, 0.15) is 22.3 Å². The molecular formula is C18H19F2N5O2. The van der Waals surface area contributed by atoms with E-state index in [0.717, 1.165) is 11.6 Å².